The number of carbonyl (C=O) groups is 3. The van der Waals surface area contributed by atoms with Gasteiger partial charge in [0.25, 0.3) is 5.91 Å². The first-order chi connectivity index (χ1) is 12.4. The summed E-state index contributed by atoms with van der Waals surface area (Å²) in [7, 11) is 0. The fourth-order valence-electron chi connectivity index (χ4n) is 3.72. The quantitative estimate of drug-likeness (QED) is 0.871. The van der Waals surface area contributed by atoms with Crippen molar-refractivity contribution >= 4 is 29.5 Å². The number of amides is 2. The van der Waals surface area contributed by atoms with Gasteiger partial charge in [0.1, 0.15) is 6.04 Å². The topological polar surface area (TPSA) is 77.9 Å². The van der Waals surface area contributed by atoms with E-state index in [0.29, 0.717) is 30.2 Å². The number of hydrogen-bond acceptors (Lipinski definition) is 4. The highest BCUT2D eigenvalue weighted by molar-refractivity contribution is 7.99. The van der Waals surface area contributed by atoms with E-state index < -0.39 is 17.4 Å². The van der Waals surface area contributed by atoms with Gasteiger partial charge >= 0.3 is 5.97 Å². The van der Waals surface area contributed by atoms with Gasteiger partial charge in [-0.1, -0.05) is 32.0 Å². The van der Waals surface area contributed by atoms with Gasteiger partial charge < -0.3 is 14.9 Å². The van der Waals surface area contributed by atoms with Crippen LogP contribution in [0.4, 0.5) is 0 Å². The summed E-state index contributed by atoms with van der Waals surface area (Å²) in [4.78, 5) is 40.9. The molecule has 140 valence electrons. The van der Waals surface area contributed by atoms with Gasteiger partial charge in [-0.25, -0.2) is 0 Å². The molecule has 2 atom stereocenters. The minimum absolute atomic E-state index is 0.0576. The molecule has 0 spiro atoms. The van der Waals surface area contributed by atoms with Crippen molar-refractivity contribution in [2.24, 2.45) is 11.3 Å². The third-order valence-electron chi connectivity index (χ3n) is 5.59. The average molecular weight is 376 g/mol. The van der Waals surface area contributed by atoms with Crippen LogP contribution in [0.1, 0.15) is 30.6 Å². The number of hydrogen-bond donors (Lipinski definition) is 1. The highest BCUT2D eigenvalue weighted by Crippen LogP contribution is 2.39. The van der Waals surface area contributed by atoms with Gasteiger partial charge in [0.2, 0.25) is 5.91 Å². The molecule has 7 heteroatoms. The van der Waals surface area contributed by atoms with E-state index in [1.165, 1.54) is 0 Å². The lowest BCUT2D eigenvalue weighted by atomic mass is 9.76. The van der Waals surface area contributed by atoms with Crippen molar-refractivity contribution in [3.8, 4) is 0 Å². The van der Waals surface area contributed by atoms with Crippen LogP contribution in [-0.2, 0) is 9.59 Å². The van der Waals surface area contributed by atoms with Gasteiger partial charge in [-0.2, -0.15) is 0 Å². The molecule has 0 radical (unpaired) electrons. The normalized spacial score (nSPS) is 25.7. The van der Waals surface area contributed by atoms with Gasteiger partial charge in [0.05, 0.1) is 11.3 Å². The molecule has 0 bridgehead atoms. The third kappa shape index (κ3) is 3.20. The van der Waals surface area contributed by atoms with Crippen LogP contribution in [0.25, 0.3) is 0 Å². The predicted molar refractivity (Wildman–Crippen MR) is 99.8 cm³/mol. The van der Waals surface area contributed by atoms with E-state index in [4.69, 9.17) is 0 Å². The highest BCUT2D eigenvalue weighted by Gasteiger charge is 2.50. The van der Waals surface area contributed by atoms with E-state index in [-0.39, 0.29) is 24.3 Å². The first-order valence-corrected chi connectivity index (χ1v) is 9.98. The number of benzene rings is 1. The minimum Gasteiger partial charge on any atom is -0.481 e. The summed E-state index contributed by atoms with van der Waals surface area (Å²) in [5.74, 6) is -0.162. The van der Waals surface area contributed by atoms with E-state index in [0.717, 1.165) is 0 Å². The standard InChI is InChI=1S/C19H24N2O4S/c1-13(2)19(18(24)25)8-9-20(11-19)17(23)15-10-26-12-21(15)16(22)14-6-4-3-5-7-14/h3-7,13,15H,8-12H2,1-2H3,(H,24,25). The lowest BCUT2D eigenvalue weighted by Gasteiger charge is -2.31. The smallest absolute Gasteiger partial charge is 0.311 e. The Morgan fingerprint density at radius 1 is 1.23 bits per heavy atom. The van der Waals surface area contributed by atoms with Crippen molar-refractivity contribution in [1.82, 2.24) is 9.80 Å². The molecule has 2 amide bonds. The van der Waals surface area contributed by atoms with Crippen LogP contribution in [0, 0.1) is 11.3 Å². The SMILES string of the molecule is CC(C)C1(C(=O)O)CCN(C(=O)C2CSCN2C(=O)c2ccccc2)C1. The van der Waals surface area contributed by atoms with Crippen LogP contribution >= 0.6 is 11.8 Å². The fourth-order valence-corrected chi connectivity index (χ4v) is 4.86. The Hall–Kier alpha value is -2.02. The van der Waals surface area contributed by atoms with E-state index in [1.807, 2.05) is 19.9 Å². The second-order valence-electron chi connectivity index (χ2n) is 7.28. The Morgan fingerprint density at radius 3 is 2.50 bits per heavy atom. The molecular weight excluding hydrogens is 352 g/mol. The fraction of sp³-hybridized carbons (Fsp3) is 0.526. The zero-order valence-corrected chi connectivity index (χ0v) is 15.9. The summed E-state index contributed by atoms with van der Waals surface area (Å²) in [6.07, 6.45) is 0.457. The van der Waals surface area contributed by atoms with Crippen LogP contribution in [0.3, 0.4) is 0 Å². The predicted octanol–water partition coefficient (Wildman–Crippen LogP) is 2.16. The van der Waals surface area contributed by atoms with E-state index >= 15 is 0 Å². The largest absolute Gasteiger partial charge is 0.481 e. The summed E-state index contributed by atoms with van der Waals surface area (Å²) in [6.45, 7) is 4.42. The molecule has 2 heterocycles. The molecule has 1 aromatic rings. The van der Waals surface area contributed by atoms with Crippen LogP contribution in [0.2, 0.25) is 0 Å². The molecule has 6 nitrogen and oxygen atoms in total. The molecule has 26 heavy (non-hydrogen) atoms. The Bertz CT molecular complexity index is 709. The number of nitrogens with zero attached hydrogens (tertiary/aromatic N) is 2. The number of rotatable bonds is 4. The second kappa shape index (κ2) is 7.31. The molecule has 2 aliphatic heterocycles. The minimum atomic E-state index is -0.893. The Kier molecular flexibility index (Phi) is 5.27. The van der Waals surface area contributed by atoms with Gasteiger partial charge in [0, 0.05) is 24.4 Å². The third-order valence-corrected chi connectivity index (χ3v) is 6.60. The molecule has 0 saturated carbocycles. The van der Waals surface area contributed by atoms with E-state index in [1.54, 1.807) is 45.8 Å². The molecule has 2 aliphatic rings. The van der Waals surface area contributed by atoms with Gasteiger partial charge in [0.15, 0.2) is 0 Å². The van der Waals surface area contributed by atoms with Crippen LogP contribution in [0.15, 0.2) is 30.3 Å². The lowest BCUT2D eigenvalue weighted by molar-refractivity contribution is -0.151. The van der Waals surface area contributed by atoms with Crippen molar-refractivity contribution in [3.05, 3.63) is 35.9 Å². The maximum absolute atomic E-state index is 13.1. The zero-order valence-electron chi connectivity index (χ0n) is 15.1. The maximum Gasteiger partial charge on any atom is 0.311 e. The maximum atomic E-state index is 13.1. The molecule has 1 N–H and O–H groups in total. The van der Waals surface area contributed by atoms with Crippen LogP contribution in [-0.4, -0.2) is 63.5 Å². The molecule has 2 fully saturated rings. The van der Waals surface area contributed by atoms with Crippen molar-refractivity contribution in [2.45, 2.75) is 26.3 Å². The van der Waals surface area contributed by atoms with Gasteiger partial charge in [-0.15, -0.1) is 11.8 Å². The number of aliphatic carboxylic acids is 1. The zero-order chi connectivity index (χ0) is 18.9. The monoisotopic (exact) mass is 376 g/mol. The lowest BCUT2D eigenvalue weighted by Crippen LogP contribution is -2.49. The number of carboxylic acid groups (broad SMARTS) is 1. The number of carbonyl (C=O) groups excluding carboxylic acids is 2. The summed E-state index contributed by atoms with van der Waals surface area (Å²) in [5.41, 5.74) is -0.327. The molecular formula is C19H24N2O4S. The first kappa shape index (κ1) is 18.8. The summed E-state index contributed by atoms with van der Waals surface area (Å²) in [5, 5.41) is 9.68. The Morgan fingerprint density at radius 2 is 1.92 bits per heavy atom. The molecule has 3 rings (SSSR count). The first-order valence-electron chi connectivity index (χ1n) is 8.83. The Labute approximate surface area is 157 Å². The van der Waals surface area contributed by atoms with Crippen molar-refractivity contribution < 1.29 is 19.5 Å². The number of carboxylic acids is 1. The van der Waals surface area contributed by atoms with Gasteiger partial charge in [-0.05, 0) is 24.5 Å². The van der Waals surface area contributed by atoms with E-state index in [9.17, 15) is 19.5 Å². The summed E-state index contributed by atoms with van der Waals surface area (Å²) in [6, 6.07) is 8.42. The highest BCUT2D eigenvalue weighted by atomic mass is 32.2. The molecule has 2 unspecified atom stereocenters. The van der Waals surface area contributed by atoms with Crippen molar-refractivity contribution in [1.29, 1.82) is 0 Å². The van der Waals surface area contributed by atoms with Crippen LogP contribution < -0.4 is 0 Å². The van der Waals surface area contributed by atoms with Crippen molar-refractivity contribution in [3.63, 3.8) is 0 Å². The summed E-state index contributed by atoms with van der Waals surface area (Å²) >= 11 is 1.55. The molecule has 0 aromatic heterocycles. The summed E-state index contributed by atoms with van der Waals surface area (Å²) < 4.78 is 0. The number of likely N-dealkylation sites (tertiary alicyclic amines) is 1. The van der Waals surface area contributed by atoms with Crippen molar-refractivity contribution in [2.75, 3.05) is 24.7 Å². The molecule has 0 aliphatic carbocycles. The van der Waals surface area contributed by atoms with Crippen LogP contribution in [0.5, 0.6) is 0 Å². The molecule has 2 saturated heterocycles. The van der Waals surface area contributed by atoms with Gasteiger partial charge in [-0.3, -0.25) is 14.4 Å². The average Bonchev–Trinajstić information content (AvgIpc) is 3.29. The number of thioether (sulfide) groups is 1. The second-order valence-corrected chi connectivity index (χ2v) is 8.28. The van der Waals surface area contributed by atoms with E-state index in [2.05, 4.69) is 0 Å². The Balaban J connectivity index is 1.75. The molecule has 1 aromatic carbocycles.